The van der Waals surface area contributed by atoms with Crippen LogP contribution in [0.3, 0.4) is 0 Å². The number of aromatic amines is 2. The molecular weight excluding hydrogens is 230 g/mol. The van der Waals surface area contributed by atoms with E-state index >= 15 is 0 Å². The van der Waals surface area contributed by atoms with Crippen molar-refractivity contribution in [3.8, 4) is 0 Å². The Kier molecular flexibility index (Phi) is 2.78. The van der Waals surface area contributed by atoms with E-state index in [9.17, 15) is 9.59 Å². The van der Waals surface area contributed by atoms with Crippen molar-refractivity contribution in [3.05, 3.63) is 56.3 Å². The molecule has 0 bridgehead atoms. The molecule has 6 heteroatoms. The topological polar surface area (TPSA) is 77.8 Å². The van der Waals surface area contributed by atoms with Crippen LogP contribution in [0.5, 0.6) is 0 Å². The number of hydrogen-bond donors (Lipinski definition) is 3. The first-order chi connectivity index (χ1) is 7.65. The first-order valence-electron chi connectivity index (χ1n) is 4.50. The fraction of sp³-hybridized carbons (Fsp3) is 0. The minimum atomic E-state index is -0.536. The molecule has 3 N–H and O–H groups in total. The highest BCUT2D eigenvalue weighted by Gasteiger charge is 2.00. The summed E-state index contributed by atoms with van der Waals surface area (Å²) >= 11 is 5.72. The molecule has 16 heavy (non-hydrogen) atoms. The number of benzene rings is 1. The molecule has 2 aromatic rings. The lowest BCUT2D eigenvalue weighted by Crippen LogP contribution is -2.23. The Hall–Kier alpha value is -2.01. The Labute approximate surface area is 95.1 Å². The first-order valence-corrected chi connectivity index (χ1v) is 4.87. The smallest absolute Gasteiger partial charge is 0.325 e. The van der Waals surface area contributed by atoms with Crippen LogP contribution in [0.1, 0.15) is 0 Å². The van der Waals surface area contributed by atoms with E-state index in [1.165, 1.54) is 6.20 Å². The SMILES string of the molecule is O=c1[nH]cc(Nc2ccc(Cl)cc2)c(=O)[nH]1. The summed E-state index contributed by atoms with van der Waals surface area (Å²) in [5.74, 6) is 0. The molecule has 5 nitrogen and oxygen atoms in total. The van der Waals surface area contributed by atoms with Gasteiger partial charge < -0.3 is 10.3 Å². The van der Waals surface area contributed by atoms with Gasteiger partial charge in [0.1, 0.15) is 5.69 Å². The summed E-state index contributed by atoms with van der Waals surface area (Å²) in [6.07, 6.45) is 1.32. The molecule has 0 amide bonds. The molecule has 0 radical (unpaired) electrons. The van der Waals surface area contributed by atoms with E-state index in [4.69, 9.17) is 11.6 Å². The van der Waals surface area contributed by atoms with Crippen LogP contribution in [0, 0.1) is 0 Å². The van der Waals surface area contributed by atoms with E-state index in [-0.39, 0.29) is 5.69 Å². The monoisotopic (exact) mass is 237 g/mol. The molecule has 1 heterocycles. The summed E-state index contributed by atoms with van der Waals surface area (Å²) < 4.78 is 0. The quantitative estimate of drug-likeness (QED) is 0.740. The van der Waals surface area contributed by atoms with Gasteiger partial charge in [0.25, 0.3) is 5.56 Å². The number of nitrogens with one attached hydrogen (secondary N) is 3. The van der Waals surface area contributed by atoms with Crippen molar-refractivity contribution >= 4 is 23.0 Å². The standard InChI is InChI=1S/C10H8ClN3O2/c11-6-1-3-7(4-2-6)13-8-5-12-10(16)14-9(8)15/h1-5,13H,(H2,12,14,15,16). The van der Waals surface area contributed by atoms with Crippen LogP contribution in [0.4, 0.5) is 11.4 Å². The van der Waals surface area contributed by atoms with Crippen molar-refractivity contribution in [3.63, 3.8) is 0 Å². The van der Waals surface area contributed by atoms with Gasteiger partial charge in [0.2, 0.25) is 0 Å². The lowest BCUT2D eigenvalue weighted by molar-refractivity contribution is 1.04. The van der Waals surface area contributed by atoms with E-state index in [0.717, 1.165) is 0 Å². The highest BCUT2D eigenvalue weighted by molar-refractivity contribution is 6.30. The van der Waals surface area contributed by atoms with Gasteiger partial charge in [0.05, 0.1) is 0 Å². The second kappa shape index (κ2) is 4.24. The summed E-state index contributed by atoms with van der Waals surface area (Å²) in [4.78, 5) is 26.6. The molecule has 0 saturated heterocycles. The second-order valence-corrected chi connectivity index (χ2v) is 3.55. The van der Waals surface area contributed by atoms with Gasteiger partial charge in [0, 0.05) is 16.9 Å². The van der Waals surface area contributed by atoms with E-state index in [2.05, 4.69) is 15.3 Å². The Bertz CT molecular complexity index is 600. The van der Waals surface area contributed by atoms with Gasteiger partial charge in [-0.2, -0.15) is 0 Å². The zero-order chi connectivity index (χ0) is 11.5. The van der Waals surface area contributed by atoms with Gasteiger partial charge in [-0.3, -0.25) is 9.78 Å². The lowest BCUT2D eigenvalue weighted by Gasteiger charge is -2.04. The number of anilines is 2. The molecule has 82 valence electrons. The maximum absolute atomic E-state index is 11.3. The van der Waals surface area contributed by atoms with Gasteiger partial charge in [-0.25, -0.2) is 4.79 Å². The summed E-state index contributed by atoms with van der Waals surface area (Å²) in [6.45, 7) is 0. The van der Waals surface area contributed by atoms with Gasteiger partial charge in [-0.05, 0) is 24.3 Å². The lowest BCUT2D eigenvalue weighted by atomic mass is 10.3. The van der Waals surface area contributed by atoms with Crippen LogP contribution in [-0.4, -0.2) is 9.97 Å². The third kappa shape index (κ3) is 2.32. The normalized spacial score (nSPS) is 10.1. The van der Waals surface area contributed by atoms with Gasteiger partial charge in [-0.15, -0.1) is 0 Å². The number of H-pyrrole nitrogens is 2. The molecule has 0 aliphatic carbocycles. The van der Waals surface area contributed by atoms with Crippen LogP contribution in [0.15, 0.2) is 40.1 Å². The average Bonchev–Trinajstić information content (AvgIpc) is 2.25. The molecule has 1 aromatic heterocycles. The van der Waals surface area contributed by atoms with Crippen LogP contribution in [-0.2, 0) is 0 Å². The molecule has 1 aromatic carbocycles. The van der Waals surface area contributed by atoms with Crippen molar-refractivity contribution in [2.24, 2.45) is 0 Å². The zero-order valence-corrected chi connectivity index (χ0v) is 8.84. The van der Waals surface area contributed by atoms with Crippen LogP contribution < -0.4 is 16.6 Å². The third-order valence-corrected chi connectivity index (χ3v) is 2.19. The van der Waals surface area contributed by atoms with E-state index in [1.54, 1.807) is 24.3 Å². The largest absolute Gasteiger partial charge is 0.350 e. The van der Waals surface area contributed by atoms with Crippen LogP contribution in [0.2, 0.25) is 5.02 Å². The number of hydrogen-bond acceptors (Lipinski definition) is 3. The molecule has 0 unspecified atom stereocenters. The summed E-state index contributed by atoms with van der Waals surface area (Å²) in [6, 6.07) is 6.85. The maximum atomic E-state index is 11.3. The minimum Gasteiger partial charge on any atom is -0.350 e. The maximum Gasteiger partial charge on any atom is 0.325 e. The predicted octanol–water partition coefficient (Wildman–Crippen LogP) is 1.46. The Balaban J connectivity index is 2.30. The van der Waals surface area contributed by atoms with Crippen molar-refractivity contribution in [2.75, 3.05) is 5.32 Å². The van der Waals surface area contributed by atoms with Gasteiger partial charge in [-0.1, -0.05) is 11.6 Å². The van der Waals surface area contributed by atoms with E-state index < -0.39 is 11.2 Å². The average molecular weight is 238 g/mol. The molecular formula is C10H8ClN3O2. The van der Waals surface area contributed by atoms with Gasteiger partial charge in [0.15, 0.2) is 0 Å². The highest BCUT2D eigenvalue weighted by atomic mass is 35.5. The number of halogens is 1. The molecule has 0 saturated carbocycles. The number of rotatable bonds is 2. The fourth-order valence-corrected chi connectivity index (χ4v) is 1.32. The molecule has 0 fully saturated rings. The zero-order valence-electron chi connectivity index (χ0n) is 8.08. The Morgan fingerprint density at radius 3 is 2.44 bits per heavy atom. The predicted molar refractivity (Wildman–Crippen MR) is 62.4 cm³/mol. The van der Waals surface area contributed by atoms with Crippen LogP contribution in [0.25, 0.3) is 0 Å². The van der Waals surface area contributed by atoms with E-state index in [0.29, 0.717) is 10.7 Å². The molecule has 0 spiro atoms. The second-order valence-electron chi connectivity index (χ2n) is 3.12. The minimum absolute atomic E-state index is 0.266. The van der Waals surface area contributed by atoms with Crippen LogP contribution >= 0.6 is 11.6 Å². The fourth-order valence-electron chi connectivity index (χ4n) is 1.19. The first kappa shape index (κ1) is 10.5. The van der Waals surface area contributed by atoms with E-state index in [1.807, 2.05) is 0 Å². The Morgan fingerprint density at radius 2 is 1.81 bits per heavy atom. The van der Waals surface area contributed by atoms with Gasteiger partial charge >= 0.3 is 5.69 Å². The summed E-state index contributed by atoms with van der Waals surface area (Å²) in [5.41, 5.74) is -0.0331. The van der Waals surface area contributed by atoms with Crippen molar-refractivity contribution in [1.29, 1.82) is 0 Å². The van der Waals surface area contributed by atoms with Crippen molar-refractivity contribution in [2.45, 2.75) is 0 Å². The number of aromatic nitrogens is 2. The molecule has 2 rings (SSSR count). The summed E-state index contributed by atoms with van der Waals surface area (Å²) in [7, 11) is 0. The van der Waals surface area contributed by atoms with Crippen molar-refractivity contribution in [1.82, 2.24) is 9.97 Å². The highest BCUT2D eigenvalue weighted by Crippen LogP contribution is 2.15. The Morgan fingerprint density at radius 1 is 1.12 bits per heavy atom. The molecule has 0 aliphatic rings. The van der Waals surface area contributed by atoms with Crippen molar-refractivity contribution < 1.29 is 0 Å². The molecule has 0 atom stereocenters. The summed E-state index contributed by atoms with van der Waals surface area (Å²) in [5, 5.41) is 3.47. The molecule has 0 aliphatic heterocycles. The third-order valence-electron chi connectivity index (χ3n) is 1.94.